The number of rotatable bonds is 7. The Hall–Kier alpha value is -5.11. The predicted molar refractivity (Wildman–Crippen MR) is 161 cm³/mol. The van der Waals surface area contributed by atoms with Crippen molar-refractivity contribution < 1.29 is 17.9 Å². The Morgan fingerprint density at radius 3 is 2.51 bits per heavy atom. The molecule has 13 nitrogen and oxygen atoms in total. The van der Waals surface area contributed by atoms with Gasteiger partial charge in [0.1, 0.15) is 40.7 Å². The third-order valence-electron chi connectivity index (χ3n) is 7.22. The smallest absolute Gasteiger partial charge is 0.256 e. The third kappa shape index (κ3) is 5.56. The Morgan fingerprint density at radius 1 is 1.05 bits per heavy atom. The summed E-state index contributed by atoms with van der Waals surface area (Å²) in [6, 6.07) is 16.9. The first-order chi connectivity index (χ1) is 20.7. The van der Waals surface area contributed by atoms with Gasteiger partial charge in [0.05, 0.1) is 11.4 Å². The molecule has 0 spiro atoms. The van der Waals surface area contributed by atoms with Crippen molar-refractivity contribution in [2.75, 3.05) is 37.0 Å². The first-order valence-electron chi connectivity index (χ1n) is 13.6. The molecule has 6 rings (SSSR count). The highest BCUT2D eigenvalue weighted by atomic mass is 32.2. The van der Waals surface area contributed by atoms with Crippen LogP contribution in [0.4, 0.5) is 11.6 Å². The number of carbonyl (C=O) groups excluding carboxylic acids is 1. The average Bonchev–Trinajstić information content (AvgIpc) is 3.42. The molecule has 220 valence electrons. The van der Waals surface area contributed by atoms with Gasteiger partial charge in [-0.25, -0.2) is 33.0 Å². The van der Waals surface area contributed by atoms with E-state index in [-0.39, 0.29) is 22.6 Å². The summed E-state index contributed by atoms with van der Waals surface area (Å²) in [6.07, 6.45) is 5.19. The van der Waals surface area contributed by atoms with Crippen LogP contribution in [-0.4, -0.2) is 70.4 Å². The Balaban J connectivity index is 1.36. The zero-order chi connectivity index (χ0) is 30.1. The lowest BCUT2D eigenvalue weighted by Crippen LogP contribution is -2.39. The molecule has 0 unspecified atom stereocenters. The molecule has 0 saturated carbocycles. The fourth-order valence-electron chi connectivity index (χ4n) is 5.18. The standard InChI is InChI=1S/C29H29N9O4S/c1-31-28(39)22-15-32-29(43(2,40)41)35-26(22)37-14-6-7-19(16-37)38-27-23(25(30)33-17-34-27)24(36-38)18-10-12-21(13-11-18)42-20-8-4-3-5-9-20/h3-5,8-13,15,17,19H,6-7,14,16H2,1-2H3,(H,31,39)(H2,30,33,34)/t19-/m0/s1. The molecule has 43 heavy (non-hydrogen) atoms. The highest BCUT2D eigenvalue weighted by molar-refractivity contribution is 7.90. The van der Waals surface area contributed by atoms with E-state index < -0.39 is 15.7 Å². The molecule has 1 aliphatic rings. The van der Waals surface area contributed by atoms with Crippen LogP contribution in [0.5, 0.6) is 11.5 Å². The van der Waals surface area contributed by atoms with Gasteiger partial charge in [-0.2, -0.15) is 5.10 Å². The van der Waals surface area contributed by atoms with Gasteiger partial charge in [0.2, 0.25) is 15.0 Å². The number of sulfone groups is 1. The zero-order valence-electron chi connectivity index (χ0n) is 23.5. The second kappa shape index (κ2) is 11.3. The molecule has 0 radical (unpaired) electrons. The van der Waals surface area contributed by atoms with Gasteiger partial charge in [-0.1, -0.05) is 18.2 Å². The molecule has 3 aromatic heterocycles. The number of nitrogen functional groups attached to an aromatic ring is 1. The fourth-order valence-corrected chi connectivity index (χ4v) is 5.67. The Kier molecular flexibility index (Phi) is 7.36. The molecular formula is C29H29N9O4S. The van der Waals surface area contributed by atoms with Gasteiger partial charge in [0.25, 0.3) is 5.91 Å². The summed E-state index contributed by atoms with van der Waals surface area (Å²) in [7, 11) is -2.20. The summed E-state index contributed by atoms with van der Waals surface area (Å²) >= 11 is 0. The molecular weight excluding hydrogens is 570 g/mol. The van der Waals surface area contributed by atoms with E-state index in [1.807, 2.05) is 64.2 Å². The van der Waals surface area contributed by atoms with Crippen LogP contribution in [0.1, 0.15) is 29.2 Å². The van der Waals surface area contributed by atoms with Crippen LogP contribution in [0.25, 0.3) is 22.3 Å². The summed E-state index contributed by atoms with van der Waals surface area (Å²) in [5.74, 6) is 1.55. The van der Waals surface area contributed by atoms with Gasteiger partial charge in [-0.3, -0.25) is 4.79 Å². The maximum atomic E-state index is 12.7. The molecule has 4 heterocycles. The third-order valence-corrected chi connectivity index (χ3v) is 8.08. The lowest BCUT2D eigenvalue weighted by atomic mass is 10.1. The molecule has 1 amide bonds. The van der Waals surface area contributed by atoms with E-state index in [1.165, 1.54) is 19.6 Å². The van der Waals surface area contributed by atoms with Crippen molar-refractivity contribution in [2.24, 2.45) is 0 Å². The minimum atomic E-state index is -3.70. The summed E-state index contributed by atoms with van der Waals surface area (Å²) in [6.45, 7) is 0.959. The largest absolute Gasteiger partial charge is 0.457 e. The maximum absolute atomic E-state index is 12.7. The minimum absolute atomic E-state index is 0.186. The number of carbonyl (C=O) groups is 1. The number of nitrogens with one attached hydrogen (secondary N) is 1. The van der Waals surface area contributed by atoms with E-state index in [2.05, 4.69) is 25.3 Å². The number of hydrogen-bond donors (Lipinski definition) is 2. The van der Waals surface area contributed by atoms with E-state index in [0.717, 1.165) is 30.4 Å². The number of nitrogens with zero attached hydrogens (tertiary/aromatic N) is 7. The molecule has 2 aromatic carbocycles. The number of amides is 1. The Bertz CT molecular complexity index is 1910. The van der Waals surface area contributed by atoms with Gasteiger partial charge in [-0.15, -0.1) is 0 Å². The number of aromatic nitrogens is 6. The van der Waals surface area contributed by atoms with Crippen molar-refractivity contribution in [1.29, 1.82) is 0 Å². The second-order valence-electron chi connectivity index (χ2n) is 10.2. The van der Waals surface area contributed by atoms with Crippen LogP contribution >= 0.6 is 0 Å². The second-order valence-corrected chi connectivity index (χ2v) is 12.1. The van der Waals surface area contributed by atoms with Crippen molar-refractivity contribution in [3.63, 3.8) is 0 Å². The fraction of sp³-hybridized carbons (Fsp3) is 0.241. The lowest BCUT2D eigenvalue weighted by Gasteiger charge is -2.34. The van der Waals surface area contributed by atoms with Crippen molar-refractivity contribution >= 4 is 38.4 Å². The molecule has 1 saturated heterocycles. The Labute approximate surface area is 247 Å². The van der Waals surface area contributed by atoms with Crippen LogP contribution in [0.2, 0.25) is 0 Å². The van der Waals surface area contributed by atoms with E-state index in [1.54, 1.807) is 0 Å². The maximum Gasteiger partial charge on any atom is 0.256 e. The van der Waals surface area contributed by atoms with E-state index >= 15 is 0 Å². The number of piperidine rings is 1. The monoisotopic (exact) mass is 599 g/mol. The van der Waals surface area contributed by atoms with E-state index in [0.29, 0.717) is 41.4 Å². The first kappa shape index (κ1) is 28.0. The van der Waals surface area contributed by atoms with Crippen LogP contribution < -0.4 is 20.7 Å². The van der Waals surface area contributed by atoms with Gasteiger partial charge >= 0.3 is 0 Å². The quantitative estimate of drug-likeness (QED) is 0.263. The van der Waals surface area contributed by atoms with Gasteiger partial charge in [-0.05, 0) is 49.2 Å². The highest BCUT2D eigenvalue weighted by Crippen LogP contribution is 2.36. The average molecular weight is 600 g/mol. The molecule has 1 fully saturated rings. The topological polar surface area (TPSA) is 171 Å². The van der Waals surface area contributed by atoms with Crippen molar-refractivity contribution in [1.82, 2.24) is 35.0 Å². The molecule has 14 heteroatoms. The summed E-state index contributed by atoms with van der Waals surface area (Å²) < 4.78 is 32.3. The molecule has 0 aliphatic carbocycles. The number of benzene rings is 2. The van der Waals surface area contributed by atoms with Crippen molar-refractivity contribution in [2.45, 2.75) is 24.0 Å². The predicted octanol–water partition coefficient (Wildman–Crippen LogP) is 3.26. The summed E-state index contributed by atoms with van der Waals surface area (Å²) in [4.78, 5) is 31.5. The first-order valence-corrected chi connectivity index (χ1v) is 15.5. The van der Waals surface area contributed by atoms with E-state index in [4.69, 9.17) is 15.6 Å². The lowest BCUT2D eigenvalue weighted by molar-refractivity contribution is 0.0962. The highest BCUT2D eigenvalue weighted by Gasteiger charge is 2.30. The molecule has 1 atom stereocenters. The minimum Gasteiger partial charge on any atom is -0.457 e. The molecule has 1 aliphatic heterocycles. The zero-order valence-corrected chi connectivity index (χ0v) is 24.3. The van der Waals surface area contributed by atoms with E-state index in [9.17, 15) is 13.2 Å². The normalized spacial score (nSPS) is 15.4. The number of ether oxygens (including phenoxy) is 1. The van der Waals surface area contributed by atoms with Crippen LogP contribution in [0.3, 0.4) is 0 Å². The Morgan fingerprint density at radius 2 is 1.79 bits per heavy atom. The van der Waals surface area contributed by atoms with Gasteiger partial charge in [0.15, 0.2) is 5.65 Å². The SMILES string of the molecule is CNC(=O)c1cnc(S(C)(=O)=O)nc1N1CCC[C@H](n2nc(-c3ccc(Oc4ccccc4)cc3)c3c(N)ncnc32)C1. The van der Waals surface area contributed by atoms with Crippen LogP contribution in [-0.2, 0) is 9.84 Å². The molecule has 0 bridgehead atoms. The number of nitrogens with two attached hydrogens (primary N) is 1. The number of anilines is 2. The van der Waals surface area contributed by atoms with Crippen LogP contribution in [0.15, 0.2) is 72.3 Å². The molecule has 3 N–H and O–H groups in total. The van der Waals surface area contributed by atoms with Gasteiger partial charge < -0.3 is 20.7 Å². The summed E-state index contributed by atoms with van der Waals surface area (Å²) in [5, 5.41) is 7.84. The number of fused-ring (bicyclic) bond motifs is 1. The van der Waals surface area contributed by atoms with Gasteiger partial charge in [0, 0.05) is 38.2 Å². The number of hydrogen-bond acceptors (Lipinski definition) is 11. The summed E-state index contributed by atoms with van der Waals surface area (Å²) in [5.41, 5.74) is 8.56. The van der Waals surface area contributed by atoms with Crippen LogP contribution in [0, 0.1) is 0 Å². The van der Waals surface area contributed by atoms with Crippen molar-refractivity contribution in [3.8, 4) is 22.8 Å². The van der Waals surface area contributed by atoms with Crippen molar-refractivity contribution in [3.05, 3.63) is 72.7 Å². The molecule has 5 aromatic rings. The number of para-hydroxylation sites is 1.